The van der Waals surface area contributed by atoms with Crippen LogP contribution >= 0.6 is 0 Å². The smallest absolute Gasteiger partial charge is 0.407 e. The van der Waals surface area contributed by atoms with Gasteiger partial charge in [0.05, 0.1) is 12.0 Å². The second-order valence-corrected chi connectivity index (χ2v) is 8.95. The Morgan fingerprint density at radius 2 is 1.65 bits per heavy atom. The van der Waals surface area contributed by atoms with Crippen molar-refractivity contribution in [2.45, 2.75) is 57.1 Å². The molecule has 34 heavy (non-hydrogen) atoms. The molecule has 0 aliphatic heterocycles. The molecule has 2 atom stereocenters. The maximum absolute atomic E-state index is 12.7. The number of amides is 2. The molecule has 1 aliphatic carbocycles. The molecule has 8 heteroatoms. The number of nitrogens with one attached hydrogen (secondary N) is 2. The molecule has 0 heterocycles. The van der Waals surface area contributed by atoms with Crippen molar-refractivity contribution in [2.75, 3.05) is 13.2 Å². The van der Waals surface area contributed by atoms with Crippen molar-refractivity contribution < 1.29 is 29.3 Å². The SMILES string of the molecule is CCCCC(NC(=O)OCC1c2ccccc2-c2ccccc21)C(=O)NCC(C)(O)CC(=O)O. The van der Waals surface area contributed by atoms with Crippen molar-refractivity contribution in [2.24, 2.45) is 0 Å². The second-order valence-electron chi connectivity index (χ2n) is 8.95. The summed E-state index contributed by atoms with van der Waals surface area (Å²) < 4.78 is 5.54. The number of aliphatic hydroxyl groups is 1. The van der Waals surface area contributed by atoms with Gasteiger partial charge in [-0.25, -0.2) is 4.79 Å². The summed E-state index contributed by atoms with van der Waals surface area (Å²) in [5.74, 6) is -1.75. The van der Waals surface area contributed by atoms with Gasteiger partial charge in [-0.15, -0.1) is 0 Å². The molecule has 2 aromatic rings. The Balaban J connectivity index is 1.61. The summed E-state index contributed by atoms with van der Waals surface area (Å²) >= 11 is 0. The normalized spacial score (nSPS) is 14.9. The fourth-order valence-corrected chi connectivity index (χ4v) is 4.25. The minimum atomic E-state index is -1.60. The zero-order valence-corrected chi connectivity index (χ0v) is 19.5. The molecule has 8 nitrogen and oxygen atoms in total. The lowest BCUT2D eigenvalue weighted by molar-refractivity contribution is -0.142. The Morgan fingerprint density at radius 1 is 1.06 bits per heavy atom. The third-order valence-corrected chi connectivity index (χ3v) is 5.97. The summed E-state index contributed by atoms with van der Waals surface area (Å²) in [5.41, 5.74) is 2.84. The van der Waals surface area contributed by atoms with Crippen LogP contribution in [0.4, 0.5) is 4.79 Å². The van der Waals surface area contributed by atoms with E-state index in [1.165, 1.54) is 6.92 Å². The largest absolute Gasteiger partial charge is 0.481 e. The summed E-state index contributed by atoms with van der Waals surface area (Å²) in [5, 5.41) is 24.2. The predicted molar refractivity (Wildman–Crippen MR) is 127 cm³/mol. The van der Waals surface area contributed by atoms with Gasteiger partial charge in [0.2, 0.25) is 5.91 Å². The molecule has 4 N–H and O–H groups in total. The third-order valence-electron chi connectivity index (χ3n) is 5.97. The molecular weight excluding hydrogens is 436 g/mol. The number of unbranched alkanes of at least 4 members (excludes halogenated alkanes) is 1. The standard InChI is InChI=1S/C26H32N2O6/c1-3-4-13-22(24(31)27-16-26(2,33)14-23(29)30)28-25(32)34-15-21-19-11-7-5-9-17(19)18-10-6-8-12-20(18)21/h5-12,21-22,33H,3-4,13-16H2,1-2H3,(H,27,31)(H,28,32)(H,29,30). The number of rotatable bonds is 11. The summed E-state index contributed by atoms with van der Waals surface area (Å²) in [6.07, 6.45) is 0.718. The summed E-state index contributed by atoms with van der Waals surface area (Å²) in [7, 11) is 0. The van der Waals surface area contributed by atoms with Gasteiger partial charge in [-0.05, 0) is 35.6 Å². The van der Waals surface area contributed by atoms with E-state index in [2.05, 4.69) is 22.8 Å². The Labute approximate surface area is 199 Å². The number of aliphatic carboxylic acids is 1. The first-order chi connectivity index (χ1) is 16.2. The van der Waals surface area contributed by atoms with E-state index in [-0.39, 0.29) is 19.1 Å². The van der Waals surface area contributed by atoms with Crippen LogP contribution in [0.5, 0.6) is 0 Å². The molecule has 182 valence electrons. The number of carbonyl (C=O) groups excluding carboxylic acids is 2. The molecule has 2 unspecified atom stereocenters. The van der Waals surface area contributed by atoms with Crippen LogP contribution in [0, 0.1) is 0 Å². The van der Waals surface area contributed by atoms with Gasteiger partial charge in [0.25, 0.3) is 0 Å². The van der Waals surface area contributed by atoms with E-state index in [1.807, 2.05) is 43.3 Å². The summed E-state index contributed by atoms with van der Waals surface area (Å²) in [6, 6.07) is 15.2. The highest BCUT2D eigenvalue weighted by Crippen LogP contribution is 2.44. The Hall–Kier alpha value is -3.39. The van der Waals surface area contributed by atoms with E-state index in [0.29, 0.717) is 12.8 Å². The van der Waals surface area contributed by atoms with E-state index in [9.17, 15) is 19.5 Å². The first-order valence-electron chi connectivity index (χ1n) is 11.5. The molecule has 0 spiro atoms. The van der Waals surface area contributed by atoms with Crippen molar-refractivity contribution in [3.05, 3.63) is 59.7 Å². The Kier molecular flexibility index (Phi) is 8.28. The number of carbonyl (C=O) groups is 3. The number of benzene rings is 2. The molecule has 0 bridgehead atoms. The van der Waals surface area contributed by atoms with Crippen LogP contribution in [0.15, 0.2) is 48.5 Å². The average Bonchev–Trinajstić information content (AvgIpc) is 3.12. The number of hydrogen-bond acceptors (Lipinski definition) is 5. The van der Waals surface area contributed by atoms with Crippen LogP contribution in [0.3, 0.4) is 0 Å². The van der Waals surface area contributed by atoms with Crippen molar-refractivity contribution in [3.8, 4) is 11.1 Å². The van der Waals surface area contributed by atoms with Gasteiger partial charge in [-0.3, -0.25) is 9.59 Å². The van der Waals surface area contributed by atoms with Crippen molar-refractivity contribution in [1.29, 1.82) is 0 Å². The zero-order valence-electron chi connectivity index (χ0n) is 19.5. The highest BCUT2D eigenvalue weighted by molar-refractivity contribution is 5.86. The van der Waals surface area contributed by atoms with E-state index in [0.717, 1.165) is 28.7 Å². The third kappa shape index (κ3) is 6.35. The molecule has 2 amide bonds. The van der Waals surface area contributed by atoms with Gasteiger partial charge in [0.1, 0.15) is 12.6 Å². The maximum Gasteiger partial charge on any atom is 0.407 e. The monoisotopic (exact) mass is 468 g/mol. The molecule has 0 saturated heterocycles. The van der Waals surface area contributed by atoms with Crippen LogP contribution < -0.4 is 10.6 Å². The molecule has 2 aromatic carbocycles. The van der Waals surface area contributed by atoms with Gasteiger partial charge in [0, 0.05) is 12.5 Å². The quantitative estimate of drug-likeness (QED) is 0.400. The first-order valence-corrected chi connectivity index (χ1v) is 11.5. The number of carboxylic acid groups (broad SMARTS) is 1. The van der Waals surface area contributed by atoms with E-state index in [4.69, 9.17) is 9.84 Å². The number of ether oxygens (including phenoxy) is 1. The molecule has 0 radical (unpaired) electrons. The molecule has 3 rings (SSSR count). The number of alkyl carbamates (subject to hydrolysis) is 1. The van der Waals surface area contributed by atoms with E-state index >= 15 is 0 Å². The highest BCUT2D eigenvalue weighted by Gasteiger charge is 2.30. The predicted octanol–water partition coefficient (Wildman–Crippen LogP) is 3.43. The molecular formula is C26H32N2O6. The molecule has 1 aliphatic rings. The number of hydrogen-bond donors (Lipinski definition) is 4. The van der Waals surface area contributed by atoms with Gasteiger partial charge in [-0.1, -0.05) is 68.3 Å². The molecule has 0 aromatic heterocycles. The Bertz CT molecular complexity index is 990. The van der Waals surface area contributed by atoms with Crippen molar-refractivity contribution >= 4 is 18.0 Å². The Morgan fingerprint density at radius 3 is 2.21 bits per heavy atom. The zero-order chi connectivity index (χ0) is 24.7. The van der Waals surface area contributed by atoms with Gasteiger partial charge >= 0.3 is 12.1 Å². The average molecular weight is 469 g/mol. The number of carboxylic acids is 1. The van der Waals surface area contributed by atoms with Crippen LogP contribution in [-0.2, 0) is 14.3 Å². The highest BCUT2D eigenvalue weighted by atomic mass is 16.5. The molecule has 0 fully saturated rings. The van der Waals surface area contributed by atoms with Crippen LogP contribution in [-0.4, -0.2) is 53.0 Å². The lowest BCUT2D eigenvalue weighted by Crippen LogP contribution is -2.51. The maximum atomic E-state index is 12.7. The van der Waals surface area contributed by atoms with Gasteiger partial charge in [0.15, 0.2) is 0 Å². The van der Waals surface area contributed by atoms with E-state index in [1.54, 1.807) is 0 Å². The fourth-order valence-electron chi connectivity index (χ4n) is 4.25. The molecule has 0 saturated carbocycles. The van der Waals surface area contributed by atoms with E-state index < -0.39 is 36.0 Å². The van der Waals surface area contributed by atoms with Crippen molar-refractivity contribution in [1.82, 2.24) is 10.6 Å². The lowest BCUT2D eigenvalue weighted by atomic mass is 9.98. The lowest BCUT2D eigenvalue weighted by Gasteiger charge is -2.24. The minimum Gasteiger partial charge on any atom is -0.481 e. The minimum absolute atomic E-state index is 0.0906. The van der Waals surface area contributed by atoms with Gasteiger partial charge in [-0.2, -0.15) is 0 Å². The second kappa shape index (κ2) is 11.2. The number of fused-ring (bicyclic) bond motifs is 3. The topological polar surface area (TPSA) is 125 Å². The fraction of sp³-hybridized carbons (Fsp3) is 0.423. The summed E-state index contributed by atoms with van der Waals surface area (Å²) in [6.45, 7) is 3.20. The summed E-state index contributed by atoms with van der Waals surface area (Å²) in [4.78, 5) is 36.1. The van der Waals surface area contributed by atoms with Crippen LogP contribution in [0.25, 0.3) is 11.1 Å². The first kappa shape index (κ1) is 25.2. The van der Waals surface area contributed by atoms with Crippen molar-refractivity contribution in [3.63, 3.8) is 0 Å². The van der Waals surface area contributed by atoms with Crippen LogP contribution in [0.1, 0.15) is 56.6 Å². The van der Waals surface area contributed by atoms with Gasteiger partial charge < -0.3 is 25.6 Å². The van der Waals surface area contributed by atoms with Crippen LogP contribution in [0.2, 0.25) is 0 Å².